The van der Waals surface area contributed by atoms with Crippen molar-refractivity contribution in [3.8, 4) is 0 Å². The molecule has 0 saturated heterocycles. The Balaban J connectivity index is 2.27. The van der Waals surface area contributed by atoms with E-state index >= 15 is 0 Å². The van der Waals surface area contributed by atoms with Gasteiger partial charge in [0.15, 0.2) is 0 Å². The van der Waals surface area contributed by atoms with E-state index in [0.29, 0.717) is 18.2 Å². The van der Waals surface area contributed by atoms with Gasteiger partial charge in [0, 0.05) is 11.1 Å². The van der Waals surface area contributed by atoms with Crippen LogP contribution in [0.4, 0.5) is 0 Å². The van der Waals surface area contributed by atoms with Gasteiger partial charge in [-0.05, 0) is 49.6 Å². The summed E-state index contributed by atoms with van der Waals surface area (Å²) in [5.74, 6) is -0.598. The van der Waals surface area contributed by atoms with Crippen LogP contribution in [-0.2, 0) is 6.54 Å². The molecule has 0 bridgehead atoms. The van der Waals surface area contributed by atoms with Gasteiger partial charge in [0.1, 0.15) is 5.69 Å². The van der Waals surface area contributed by atoms with Crippen LogP contribution in [0.5, 0.6) is 0 Å². The van der Waals surface area contributed by atoms with E-state index in [0.717, 1.165) is 27.9 Å². The molecule has 4 nitrogen and oxygen atoms in total. The molecule has 0 fully saturated rings. The standard InChI is InChI=1S/C20H22N2O2/c1-12(2)17-9-13(3)8-15-10-18(20(23)24)22(19(15)17)11-16-7-5-6-14(4)21-16/h5-10,12H,11H2,1-4H3,(H,23,24). The highest BCUT2D eigenvalue weighted by atomic mass is 16.4. The largest absolute Gasteiger partial charge is 0.477 e. The number of carboxylic acids is 1. The first kappa shape index (κ1) is 16.2. The Kier molecular flexibility index (Phi) is 4.14. The van der Waals surface area contributed by atoms with Gasteiger partial charge >= 0.3 is 5.97 Å². The quantitative estimate of drug-likeness (QED) is 0.768. The van der Waals surface area contributed by atoms with Crippen molar-refractivity contribution in [1.29, 1.82) is 0 Å². The van der Waals surface area contributed by atoms with Crippen LogP contribution in [0.15, 0.2) is 36.4 Å². The number of pyridine rings is 1. The zero-order chi connectivity index (χ0) is 17.4. The van der Waals surface area contributed by atoms with Crippen LogP contribution >= 0.6 is 0 Å². The second-order valence-corrected chi connectivity index (χ2v) is 6.64. The lowest BCUT2D eigenvalue weighted by molar-refractivity contribution is 0.0686. The lowest BCUT2D eigenvalue weighted by atomic mass is 9.98. The van der Waals surface area contributed by atoms with E-state index in [4.69, 9.17) is 0 Å². The number of carbonyl (C=O) groups is 1. The minimum atomic E-state index is -0.911. The number of carboxylic acid groups (broad SMARTS) is 1. The average Bonchev–Trinajstić information content (AvgIpc) is 2.85. The van der Waals surface area contributed by atoms with Crippen LogP contribution in [-0.4, -0.2) is 20.6 Å². The van der Waals surface area contributed by atoms with Crippen molar-refractivity contribution in [2.24, 2.45) is 0 Å². The number of benzene rings is 1. The number of hydrogen-bond acceptors (Lipinski definition) is 2. The lowest BCUT2D eigenvalue weighted by Gasteiger charge is -2.15. The number of aryl methyl sites for hydroxylation is 2. The first-order chi connectivity index (χ1) is 11.4. The highest BCUT2D eigenvalue weighted by Crippen LogP contribution is 2.30. The Morgan fingerprint density at radius 3 is 2.58 bits per heavy atom. The SMILES string of the molecule is Cc1cc(C(C)C)c2c(c1)cc(C(=O)O)n2Cc1cccc(C)n1. The van der Waals surface area contributed by atoms with E-state index in [1.807, 2.05) is 42.7 Å². The van der Waals surface area contributed by atoms with Crippen molar-refractivity contribution < 1.29 is 9.90 Å². The van der Waals surface area contributed by atoms with Gasteiger partial charge in [0.05, 0.1) is 17.8 Å². The highest BCUT2D eigenvalue weighted by molar-refractivity contribution is 5.96. The summed E-state index contributed by atoms with van der Waals surface area (Å²) in [5, 5.41) is 10.6. The molecule has 2 heterocycles. The van der Waals surface area contributed by atoms with Crippen LogP contribution in [0.2, 0.25) is 0 Å². The molecular formula is C20H22N2O2. The number of rotatable bonds is 4. The Hall–Kier alpha value is -2.62. The van der Waals surface area contributed by atoms with E-state index in [1.54, 1.807) is 6.07 Å². The Morgan fingerprint density at radius 1 is 1.21 bits per heavy atom. The molecule has 2 aromatic heterocycles. The zero-order valence-electron chi connectivity index (χ0n) is 14.5. The van der Waals surface area contributed by atoms with E-state index in [9.17, 15) is 9.90 Å². The predicted octanol–water partition coefficient (Wildman–Crippen LogP) is 4.52. The zero-order valence-corrected chi connectivity index (χ0v) is 14.5. The molecule has 0 unspecified atom stereocenters. The predicted molar refractivity (Wildman–Crippen MR) is 95.8 cm³/mol. The third-order valence-electron chi connectivity index (χ3n) is 4.27. The van der Waals surface area contributed by atoms with Crippen LogP contribution < -0.4 is 0 Å². The molecule has 24 heavy (non-hydrogen) atoms. The van der Waals surface area contributed by atoms with Gasteiger partial charge in [0.25, 0.3) is 0 Å². The molecule has 0 aliphatic carbocycles. The molecular weight excluding hydrogens is 300 g/mol. The van der Waals surface area contributed by atoms with Gasteiger partial charge in [-0.25, -0.2) is 4.79 Å². The van der Waals surface area contributed by atoms with Crippen LogP contribution in [0.1, 0.15) is 52.8 Å². The number of aromatic nitrogens is 2. The highest BCUT2D eigenvalue weighted by Gasteiger charge is 2.19. The Labute approximate surface area is 141 Å². The summed E-state index contributed by atoms with van der Waals surface area (Å²) in [4.78, 5) is 16.3. The second-order valence-electron chi connectivity index (χ2n) is 6.64. The first-order valence-electron chi connectivity index (χ1n) is 8.16. The number of hydrogen-bond donors (Lipinski definition) is 1. The minimum absolute atomic E-state index is 0.306. The van der Waals surface area contributed by atoms with Crippen LogP contribution in [0.3, 0.4) is 0 Å². The van der Waals surface area contributed by atoms with Crippen molar-refractivity contribution in [1.82, 2.24) is 9.55 Å². The second kappa shape index (κ2) is 6.11. The number of fused-ring (bicyclic) bond motifs is 1. The Bertz CT molecular complexity index is 923. The average molecular weight is 322 g/mol. The van der Waals surface area contributed by atoms with Crippen molar-refractivity contribution in [3.63, 3.8) is 0 Å². The van der Waals surface area contributed by atoms with Crippen LogP contribution in [0, 0.1) is 13.8 Å². The summed E-state index contributed by atoms with van der Waals surface area (Å²) in [5.41, 5.74) is 5.42. The monoisotopic (exact) mass is 322 g/mol. The summed E-state index contributed by atoms with van der Waals surface area (Å²) >= 11 is 0. The fourth-order valence-corrected chi connectivity index (χ4v) is 3.23. The third kappa shape index (κ3) is 2.92. The fraction of sp³-hybridized carbons (Fsp3) is 0.300. The summed E-state index contributed by atoms with van der Waals surface area (Å²) in [6.45, 7) is 8.72. The molecule has 0 amide bonds. The third-order valence-corrected chi connectivity index (χ3v) is 4.27. The number of nitrogens with zero attached hydrogens (tertiary/aromatic N) is 2. The topological polar surface area (TPSA) is 55.1 Å². The fourth-order valence-electron chi connectivity index (χ4n) is 3.23. The molecule has 3 rings (SSSR count). The van der Waals surface area contributed by atoms with Crippen molar-refractivity contribution >= 4 is 16.9 Å². The van der Waals surface area contributed by atoms with E-state index in [-0.39, 0.29) is 0 Å². The molecule has 124 valence electrons. The summed E-state index contributed by atoms with van der Waals surface area (Å²) in [6.07, 6.45) is 0. The molecule has 0 atom stereocenters. The molecule has 3 aromatic rings. The van der Waals surface area contributed by atoms with E-state index in [2.05, 4.69) is 24.9 Å². The minimum Gasteiger partial charge on any atom is -0.477 e. The van der Waals surface area contributed by atoms with Crippen molar-refractivity contribution in [2.75, 3.05) is 0 Å². The molecule has 0 spiro atoms. The maximum atomic E-state index is 11.8. The van der Waals surface area contributed by atoms with Gasteiger partial charge < -0.3 is 9.67 Å². The summed E-state index contributed by atoms with van der Waals surface area (Å²) in [7, 11) is 0. The first-order valence-corrected chi connectivity index (χ1v) is 8.16. The van der Waals surface area contributed by atoms with E-state index < -0.39 is 5.97 Å². The Morgan fingerprint density at radius 2 is 1.96 bits per heavy atom. The molecule has 0 radical (unpaired) electrons. The maximum absolute atomic E-state index is 11.8. The lowest BCUT2D eigenvalue weighted by Crippen LogP contribution is -2.11. The maximum Gasteiger partial charge on any atom is 0.352 e. The number of aromatic carboxylic acids is 1. The van der Waals surface area contributed by atoms with E-state index in [1.165, 1.54) is 5.56 Å². The molecule has 4 heteroatoms. The van der Waals surface area contributed by atoms with Gasteiger partial charge in [-0.15, -0.1) is 0 Å². The van der Waals surface area contributed by atoms with Gasteiger partial charge in [-0.1, -0.05) is 31.5 Å². The van der Waals surface area contributed by atoms with Gasteiger partial charge in [-0.2, -0.15) is 0 Å². The van der Waals surface area contributed by atoms with Gasteiger partial charge in [0.2, 0.25) is 0 Å². The summed E-state index contributed by atoms with van der Waals surface area (Å²) < 4.78 is 1.88. The molecule has 1 N–H and O–H groups in total. The molecule has 0 aliphatic heterocycles. The van der Waals surface area contributed by atoms with Crippen molar-refractivity contribution in [2.45, 2.75) is 40.2 Å². The van der Waals surface area contributed by atoms with Crippen LogP contribution in [0.25, 0.3) is 10.9 Å². The van der Waals surface area contributed by atoms with Gasteiger partial charge in [-0.3, -0.25) is 4.98 Å². The smallest absolute Gasteiger partial charge is 0.352 e. The normalized spacial score (nSPS) is 11.4. The molecule has 0 saturated carbocycles. The summed E-state index contributed by atoms with van der Waals surface area (Å²) in [6, 6.07) is 11.8. The van der Waals surface area contributed by atoms with Crippen molar-refractivity contribution in [3.05, 3.63) is 64.6 Å². The molecule has 1 aromatic carbocycles. The molecule has 0 aliphatic rings.